The van der Waals surface area contributed by atoms with E-state index in [1.54, 1.807) is 0 Å². The fourth-order valence-electron chi connectivity index (χ4n) is 0. The molecule has 0 saturated heterocycles. The van der Waals surface area contributed by atoms with Crippen molar-refractivity contribution in [2.24, 2.45) is 0 Å². The van der Waals surface area contributed by atoms with Gasteiger partial charge in [-0.15, -0.1) is 0 Å². The van der Waals surface area contributed by atoms with E-state index in [2.05, 4.69) is 6.58 Å². The van der Waals surface area contributed by atoms with Gasteiger partial charge in [0, 0.05) is 43.8 Å². The zero-order valence-corrected chi connectivity index (χ0v) is 3.70. The molecule has 0 aromatic rings. The minimum atomic E-state index is -0.981. The molecule has 0 rings (SSSR count). The summed E-state index contributed by atoms with van der Waals surface area (Å²) in [7, 11) is 0. The van der Waals surface area contributed by atoms with Gasteiger partial charge in [0.25, 0.3) is 0 Å². The van der Waals surface area contributed by atoms with Crippen LogP contribution in [0.4, 0.5) is 0 Å². The molecule has 0 saturated carbocycles. The largest absolute Gasteiger partial charge is 0.478 e. The minimum absolute atomic E-state index is 0. The van der Waals surface area contributed by atoms with Gasteiger partial charge in [-0.3, -0.25) is 0 Å². The van der Waals surface area contributed by atoms with Crippen LogP contribution in [-0.4, -0.2) is 11.1 Å². The van der Waals surface area contributed by atoms with E-state index >= 15 is 0 Å². The number of carboxylic acid groups (broad SMARTS) is 1. The first-order valence-electron chi connectivity index (χ1n) is 1.12. The Morgan fingerprint density at radius 1 is 1.83 bits per heavy atom. The Morgan fingerprint density at radius 3 is 2.00 bits per heavy atom. The van der Waals surface area contributed by atoms with Crippen LogP contribution in [0.15, 0.2) is 12.7 Å². The number of hydrogen-bond acceptors (Lipinski definition) is 1. The van der Waals surface area contributed by atoms with Crippen LogP contribution in [0.25, 0.3) is 0 Å². The zero-order chi connectivity index (χ0) is 4.28. The molecular weight excluding hydrogens is 108 g/mol. The molecule has 0 atom stereocenters. The fourth-order valence-corrected chi connectivity index (χ4v) is 0. The number of aliphatic carboxylic acids is 1. The average molecular weight is 112 g/mol. The molecule has 0 spiro atoms. The first-order chi connectivity index (χ1) is 2.27. The molecule has 0 aliphatic heterocycles. The molecule has 0 amide bonds. The maximum atomic E-state index is 9.25. The van der Waals surface area contributed by atoms with Crippen molar-refractivity contribution in [3.8, 4) is 0 Å². The number of hydrogen-bond donors (Lipinski definition) is 1. The van der Waals surface area contributed by atoms with Crippen molar-refractivity contribution in [2.45, 2.75) is 0 Å². The molecule has 3 heteroatoms. The third-order valence-corrected chi connectivity index (χ3v) is 0.175. The second-order valence-electron chi connectivity index (χ2n) is 0.542. The second-order valence-corrected chi connectivity index (χ2v) is 0.542. The molecule has 0 radical (unpaired) electrons. The van der Waals surface area contributed by atoms with Crippen molar-refractivity contribution in [1.82, 2.24) is 0 Å². The van der Waals surface area contributed by atoms with Crippen LogP contribution in [0.2, 0.25) is 0 Å². The average Bonchev–Trinajstić information content (AvgIpc) is 1.38. The summed E-state index contributed by atoms with van der Waals surface area (Å²) in [5.74, 6) is -0.981. The van der Waals surface area contributed by atoms with E-state index in [1.807, 2.05) is 0 Å². The summed E-state index contributed by atoms with van der Waals surface area (Å²) in [5.41, 5.74) is 0. The van der Waals surface area contributed by atoms with Gasteiger partial charge in [-0.05, 0) is 0 Å². The molecule has 36 valence electrons. The molecule has 0 aliphatic carbocycles. The first-order valence-corrected chi connectivity index (χ1v) is 1.12. The fraction of sp³-hybridized carbons (Fsp3) is 0. The summed E-state index contributed by atoms with van der Waals surface area (Å²) >= 11 is 0. The normalized spacial score (nSPS) is 5.33. The van der Waals surface area contributed by atoms with Crippen LogP contribution in [0, 0.1) is 37.7 Å². The molecule has 6 heavy (non-hydrogen) atoms. The van der Waals surface area contributed by atoms with E-state index in [0.29, 0.717) is 0 Å². The van der Waals surface area contributed by atoms with E-state index < -0.39 is 5.97 Å². The molecule has 2 nitrogen and oxygen atoms in total. The van der Waals surface area contributed by atoms with E-state index in [0.717, 1.165) is 6.08 Å². The van der Waals surface area contributed by atoms with Gasteiger partial charge in [0.05, 0.1) is 0 Å². The van der Waals surface area contributed by atoms with Gasteiger partial charge in [-0.1, -0.05) is 6.58 Å². The van der Waals surface area contributed by atoms with Crippen LogP contribution in [-0.2, 0) is 4.79 Å². The Bertz CT molecular complexity index is 59.8. The summed E-state index contributed by atoms with van der Waals surface area (Å²) in [6, 6.07) is 0. The van der Waals surface area contributed by atoms with Crippen LogP contribution >= 0.6 is 0 Å². The van der Waals surface area contributed by atoms with Gasteiger partial charge in [0.2, 0.25) is 0 Å². The SMILES string of the molecule is C=CC(=O)O.[Ar]. The third-order valence-electron chi connectivity index (χ3n) is 0.175. The Labute approximate surface area is 65.9 Å². The van der Waals surface area contributed by atoms with Crippen molar-refractivity contribution in [3.05, 3.63) is 12.7 Å². The third kappa shape index (κ3) is 8.82. The monoisotopic (exact) mass is 112 g/mol. The van der Waals surface area contributed by atoms with E-state index in [4.69, 9.17) is 5.11 Å². The molecule has 0 aromatic carbocycles. The molecule has 0 heterocycles. The first kappa shape index (κ1) is 9.69. The summed E-state index contributed by atoms with van der Waals surface area (Å²) in [6.07, 6.45) is 0.833. The van der Waals surface area contributed by atoms with E-state index in [-0.39, 0.29) is 37.7 Å². The Hall–Kier alpha value is 0.470. The van der Waals surface area contributed by atoms with Crippen LogP contribution in [0.5, 0.6) is 0 Å². The van der Waals surface area contributed by atoms with Gasteiger partial charge < -0.3 is 5.11 Å². The minimum Gasteiger partial charge on any atom is -0.478 e. The van der Waals surface area contributed by atoms with Crippen LogP contribution in [0.3, 0.4) is 0 Å². The van der Waals surface area contributed by atoms with Crippen molar-refractivity contribution in [2.75, 3.05) is 0 Å². The van der Waals surface area contributed by atoms with Gasteiger partial charge in [-0.2, -0.15) is 0 Å². The predicted molar refractivity (Wildman–Crippen MR) is 17.8 cm³/mol. The van der Waals surface area contributed by atoms with Crippen LogP contribution < -0.4 is 0 Å². The molecule has 1 N–H and O–H groups in total. The second kappa shape index (κ2) is 5.47. The number of rotatable bonds is 1. The summed E-state index contributed by atoms with van der Waals surface area (Å²) in [4.78, 5) is 9.25. The molecule has 0 aliphatic rings. The summed E-state index contributed by atoms with van der Waals surface area (Å²) in [6.45, 7) is 2.96. The van der Waals surface area contributed by atoms with Crippen molar-refractivity contribution < 1.29 is 47.6 Å². The quantitative estimate of drug-likeness (QED) is 0.494. The molecule has 0 fully saturated rings. The van der Waals surface area contributed by atoms with Gasteiger partial charge in [0.15, 0.2) is 0 Å². The maximum absolute atomic E-state index is 9.25. The zero-order valence-electron chi connectivity index (χ0n) is 2.99. The summed E-state index contributed by atoms with van der Waals surface area (Å²) in [5, 5.41) is 7.60. The van der Waals surface area contributed by atoms with Crippen molar-refractivity contribution in [1.29, 1.82) is 0 Å². The molecule has 0 bridgehead atoms. The Morgan fingerprint density at radius 2 is 2.00 bits per heavy atom. The standard InChI is InChI=1S/C3H4O2.Ar/c1-2-3(4)5;/h2H,1H2,(H,4,5);. The topological polar surface area (TPSA) is 37.3 Å². The van der Waals surface area contributed by atoms with Gasteiger partial charge in [0.1, 0.15) is 0 Å². The van der Waals surface area contributed by atoms with E-state index in [1.165, 1.54) is 0 Å². The van der Waals surface area contributed by atoms with Gasteiger partial charge >= 0.3 is 5.97 Å². The predicted octanol–water partition coefficient (Wildman–Crippen LogP) is 0.257. The summed E-state index contributed by atoms with van der Waals surface area (Å²) < 4.78 is 0. The smallest absolute Gasteiger partial charge is 0.327 e. The molecule has 0 unspecified atom stereocenters. The maximum Gasteiger partial charge on any atom is 0.327 e. The van der Waals surface area contributed by atoms with Crippen LogP contribution in [0.1, 0.15) is 0 Å². The van der Waals surface area contributed by atoms with Crippen molar-refractivity contribution >= 4 is 5.97 Å². The molecule has 0 aromatic heterocycles. The Kier molecular flexibility index (Phi) is 8.83. The number of carboxylic acids is 1. The van der Waals surface area contributed by atoms with E-state index in [9.17, 15) is 4.79 Å². The van der Waals surface area contributed by atoms with Gasteiger partial charge in [-0.25, -0.2) is 4.79 Å². The number of carbonyl (C=O) groups is 1. The van der Waals surface area contributed by atoms with Crippen molar-refractivity contribution in [3.63, 3.8) is 0 Å². The Balaban J connectivity index is 0. The molecular formula is C3H4ArO2.